The van der Waals surface area contributed by atoms with E-state index in [-0.39, 0.29) is 11.8 Å². The number of halogens is 1. The van der Waals surface area contributed by atoms with Crippen LogP contribution in [0.1, 0.15) is 6.92 Å². The van der Waals surface area contributed by atoms with Gasteiger partial charge in [-0.25, -0.2) is 0 Å². The minimum atomic E-state index is 0.0179. The number of hydrogen-bond donors (Lipinski definition) is 2. The van der Waals surface area contributed by atoms with Gasteiger partial charge in [-0.3, -0.25) is 4.79 Å². The highest BCUT2D eigenvalue weighted by molar-refractivity contribution is 9.10. The second-order valence-electron chi connectivity index (χ2n) is 4.54. The molecule has 2 N–H and O–H groups in total. The quantitative estimate of drug-likeness (QED) is 0.896. The van der Waals surface area contributed by atoms with E-state index in [0.29, 0.717) is 5.92 Å². The van der Waals surface area contributed by atoms with Crippen molar-refractivity contribution in [3.8, 4) is 5.75 Å². The highest BCUT2D eigenvalue weighted by Crippen LogP contribution is 2.28. The molecule has 5 heteroatoms. The molecule has 1 saturated heterocycles. The maximum absolute atomic E-state index is 12.1. The van der Waals surface area contributed by atoms with Crippen LogP contribution in [0.5, 0.6) is 5.75 Å². The van der Waals surface area contributed by atoms with Gasteiger partial charge in [-0.1, -0.05) is 6.92 Å². The van der Waals surface area contributed by atoms with Gasteiger partial charge in [0.25, 0.3) is 0 Å². The summed E-state index contributed by atoms with van der Waals surface area (Å²) in [5, 5.41) is 6.12. The second-order valence-corrected chi connectivity index (χ2v) is 5.40. The number of anilines is 1. The van der Waals surface area contributed by atoms with Gasteiger partial charge in [0.15, 0.2) is 0 Å². The van der Waals surface area contributed by atoms with Crippen molar-refractivity contribution < 1.29 is 9.53 Å². The van der Waals surface area contributed by atoms with Gasteiger partial charge in [0, 0.05) is 16.5 Å². The first-order chi connectivity index (χ1) is 8.61. The van der Waals surface area contributed by atoms with E-state index in [2.05, 4.69) is 26.6 Å². The van der Waals surface area contributed by atoms with Gasteiger partial charge < -0.3 is 15.4 Å². The zero-order valence-corrected chi connectivity index (χ0v) is 12.1. The van der Waals surface area contributed by atoms with Gasteiger partial charge in [0.2, 0.25) is 5.91 Å². The first-order valence-corrected chi connectivity index (χ1v) is 6.76. The van der Waals surface area contributed by atoms with Crippen molar-refractivity contribution in [1.29, 1.82) is 0 Å². The van der Waals surface area contributed by atoms with Crippen molar-refractivity contribution in [3.63, 3.8) is 0 Å². The minimum Gasteiger partial charge on any atom is -0.497 e. The van der Waals surface area contributed by atoms with Crippen LogP contribution in [0, 0.1) is 11.8 Å². The molecule has 0 radical (unpaired) electrons. The molecule has 1 atom stereocenters. The molecule has 2 rings (SSSR count). The number of carbonyl (C=O) groups is 1. The number of nitrogens with one attached hydrogen (secondary N) is 2. The molecular formula is C13H17BrN2O2. The third-order valence-corrected chi connectivity index (χ3v) is 4.06. The van der Waals surface area contributed by atoms with E-state index in [1.165, 1.54) is 0 Å². The summed E-state index contributed by atoms with van der Waals surface area (Å²) >= 11 is 3.42. The zero-order valence-electron chi connectivity index (χ0n) is 10.5. The van der Waals surface area contributed by atoms with E-state index in [0.717, 1.165) is 29.0 Å². The molecule has 18 heavy (non-hydrogen) atoms. The van der Waals surface area contributed by atoms with Gasteiger partial charge in [0.1, 0.15) is 5.75 Å². The fraction of sp³-hybridized carbons (Fsp3) is 0.462. The van der Waals surface area contributed by atoms with E-state index in [4.69, 9.17) is 4.74 Å². The summed E-state index contributed by atoms with van der Waals surface area (Å²) in [7, 11) is 1.61. The highest BCUT2D eigenvalue weighted by Gasteiger charge is 2.28. The smallest absolute Gasteiger partial charge is 0.227 e. The summed E-state index contributed by atoms with van der Waals surface area (Å²) in [5.41, 5.74) is 0.749. The van der Waals surface area contributed by atoms with Crippen LogP contribution in [-0.2, 0) is 4.79 Å². The van der Waals surface area contributed by atoms with Gasteiger partial charge in [0.05, 0.1) is 12.8 Å². The topological polar surface area (TPSA) is 50.4 Å². The lowest BCUT2D eigenvalue weighted by atomic mass is 9.88. The number of hydrogen-bond acceptors (Lipinski definition) is 3. The summed E-state index contributed by atoms with van der Waals surface area (Å²) in [5.74, 6) is 1.24. The summed E-state index contributed by atoms with van der Waals surface area (Å²) in [6.45, 7) is 3.82. The molecule has 4 nitrogen and oxygen atoms in total. The van der Waals surface area contributed by atoms with Crippen LogP contribution in [0.4, 0.5) is 5.69 Å². The van der Waals surface area contributed by atoms with Crippen molar-refractivity contribution in [1.82, 2.24) is 5.32 Å². The third kappa shape index (κ3) is 2.84. The van der Waals surface area contributed by atoms with Crippen LogP contribution in [0.2, 0.25) is 0 Å². The van der Waals surface area contributed by atoms with Crippen molar-refractivity contribution in [2.75, 3.05) is 25.5 Å². The normalized spacial score (nSPS) is 16.8. The Morgan fingerprint density at radius 3 is 2.83 bits per heavy atom. The SMILES string of the molecule is COc1ccc(Br)c(NC(=O)C(C)C2CNC2)c1. The molecule has 1 fully saturated rings. The molecule has 1 aromatic carbocycles. The fourth-order valence-electron chi connectivity index (χ4n) is 1.85. The lowest BCUT2D eigenvalue weighted by Gasteiger charge is -2.31. The van der Waals surface area contributed by atoms with Crippen LogP contribution in [0.15, 0.2) is 22.7 Å². The van der Waals surface area contributed by atoms with Crippen LogP contribution >= 0.6 is 15.9 Å². The number of rotatable bonds is 4. The predicted molar refractivity (Wildman–Crippen MR) is 74.8 cm³/mol. The van der Waals surface area contributed by atoms with Crippen LogP contribution in [0.3, 0.4) is 0 Å². The summed E-state index contributed by atoms with van der Waals surface area (Å²) in [6, 6.07) is 5.52. The van der Waals surface area contributed by atoms with E-state index in [1.807, 2.05) is 25.1 Å². The molecule has 0 aliphatic carbocycles. The maximum atomic E-state index is 12.1. The Kier molecular flexibility index (Phi) is 4.24. The first kappa shape index (κ1) is 13.4. The Labute approximate surface area is 115 Å². The van der Waals surface area contributed by atoms with Gasteiger partial charge in [-0.05, 0) is 47.1 Å². The Morgan fingerprint density at radius 1 is 1.56 bits per heavy atom. The van der Waals surface area contributed by atoms with E-state index < -0.39 is 0 Å². The van der Waals surface area contributed by atoms with E-state index in [1.54, 1.807) is 7.11 Å². The zero-order chi connectivity index (χ0) is 13.1. The number of carbonyl (C=O) groups excluding carboxylic acids is 1. The van der Waals surface area contributed by atoms with Crippen molar-refractivity contribution >= 4 is 27.5 Å². The number of benzene rings is 1. The lowest BCUT2D eigenvalue weighted by Crippen LogP contribution is -2.48. The molecule has 0 aromatic heterocycles. The number of amides is 1. The van der Waals surface area contributed by atoms with Crippen molar-refractivity contribution in [2.45, 2.75) is 6.92 Å². The van der Waals surface area contributed by atoms with Crippen LogP contribution < -0.4 is 15.4 Å². The molecule has 1 aliphatic rings. The standard InChI is InChI=1S/C13H17BrN2O2/c1-8(9-6-15-7-9)13(17)16-12-5-10(18-2)3-4-11(12)14/h3-5,8-9,15H,6-7H2,1-2H3,(H,16,17). The highest BCUT2D eigenvalue weighted by atomic mass is 79.9. The van der Waals surface area contributed by atoms with Crippen molar-refractivity contribution in [3.05, 3.63) is 22.7 Å². The van der Waals surface area contributed by atoms with E-state index >= 15 is 0 Å². The Hall–Kier alpha value is -1.07. The second kappa shape index (κ2) is 5.71. The Balaban J connectivity index is 2.05. The third-order valence-electron chi connectivity index (χ3n) is 3.37. The van der Waals surface area contributed by atoms with Gasteiger partial charge in [-0.2, -0.15) is 0 Å². The monoisotopic (exact) mass is 312 g/mol. The molecule has 0 spiro atoms. The average Bonchev–Trinajstić information content (AvgIpc) is 2.29. The van der Waals surface area contributed by atoms with Crippen LogP contribution in [0.25, 0.3) is 0 Å². The number of ether oxygens (including phenoxy) is 1. The van der Waals surface area contributed by atoms with Gasteiger partial charge in [-0.15, -0.1) is 0 Å². The Morgan fingerprint density at radius 2 is 2.28 bits per heavy atom. The number of methoxy groups -OCH3 is 1. The predicted octanol–water partition coefficient (Wildman–Crippen LogP) is 2.25. The summed E-state index contributed by atoms with van der Waals surface area (Å²) in [6.07, 6.45) is 0. The molecule has 1 aliphatic heterocycles. The van der Waals surface area contributed by atoms with Gasteiger partial charge >= 0.3 is 0 Å². The molecule has 1 unspecified atom stereocenters. The molecule has 0 saturated carbocycles. The van der Waals surface area contributed by atoms with Crippen LogP contribution in [-0.4, -0.2) is 26.1 Å². The summed E-state index contributed by atoms with van der Waals surface area (Å²) in [4.78, 5) is 12.1. The molecule has 1 heterocycles. The molecular weight excluding hydrogens is 296 g/mol. The first-order valence-electron chi connectivity index (χ1n) is 5.97. The fourth-order valence-corrected chi connectivity index (χ4v) is 2.20. The maximum Gasteiger partial charge on any atom is 0.227 e. The molecule has 1 aromatic rings. The van der Waals surface area contributed by atoms with E-state index in [9.17, 15) is 4.79 Å². The largest absolute Gasteiger partial charge is 0.497 e. The molecule has 1 amide bonds. The molecule has 98 valence electrons. The average molecular weight is 313 g/mol. The molecule has 0 bridgehead atoms. The van der Waals surface area contributed by atoms with Crippen molar-refractivity contribution in [2.24, 2.45) is 11.8 Å². The Bertz CT molecular complexity index is 447. The lowest BCUT2D eigenvalue weighted by molar-refractivity contribution is -0.121. The summed E-state index contributed by atoms with van der Waals surface area (Å²) < 4.78 is 6.01. The minimum absolute atomic E-state index is 0.0179.